The molecule has 0 radical (unpaired) electrons. The fraction of sp³-hybridized carbons (Fsp3) is 0.714. The van der Waals surface area contributed by atoms with Gasteiger partial charge >= 0.3 is 11.9 Å². The summed E-state index contributed by atoms with van der Waals surface area (Å²) in [5.74, 6) is -1.28. The van der Waals surface area contributed by atoms with Gasteiger partial charge in [-0.2, -0.15) is 11.8 Å². The Morgan fingerprint density at radius 1 is 1.16 bits per heavy atom. The van der Waals surface area contributed by atoms with Crippen LogP contribution in [-0.4, -0.2) is 67.0 Å². The minimum Gasteiger partial charge on any atom is -0.456 e. The van der Waals surface area contributed by atoms with Crippen molar-refractivity contribution in [3.05, 3.63) is 23.5 Å². The maximum absolute atomic E-state index is 13.2. The van der Waals surface area contributed by atoms with Crippen molar-refractivity contribution in [2.45, 2.75) is 52.6 Å². The van der Waals surface area contributed by atoms with Crippen LogP contribution in [0.1, 0.15) is 46.5 Å². The predicted molar refractivity (Wildman–Crippen MR) is 137 cm³/mol. The molecule has 0 bridgehead atoms. The first-order chi connectivity index (χ1) is 17.5. The van der Waals surface area contributed by atoms with E-state index in [4.69, 9.17) is 14.2 Å². The van der Waals surface area contributed by atoms with E-state index in [2.05, 4.69) is 13.8 Å². The lowest BCUT2D eigenvalue weighted by molar-refractivity contribution is -0.156. The summed E-state index contributed by atoms with van der Waals surface area (Å²) in [5.41, 5.74) is -0.0736. The average Bonchev–Trinajstić information content (AvgIpc) is 3.16. The third-order valence-electron chi connectivity index (χ3n) is 9.39. The fourth-order valence-electron chi connectivity index (χ4n) is 8.11. The Hall–Kier alpha value is -1.97. The molecule has 0 aromatic carbocycles. The summed E-state index contributed by atoms with van der Waals surface area (Å²) in [4.78, 5) is 49.9. The van der Waals surface area contributed by atoms with Crippen molar-refractivity contribution in [2.75, 3.05) is 32.3 Å². The van der Waals surface area contributed by atoms with Gasteiger partial charge in [-0.05, 0) is 67.3 Å². The SMILES string of the molecule is COCC(=O)OCC(=O)[C@H]1CC[C@H]2[C@@H]3C[C@H](C)C4=CC(=O)C(OC(=O)CSC)=C[C@]4(C)[C@H]3[C@@H](O)C[C@]12C. The Balaban J connectivity index is 1.61. The molecule has 0 saturated heterocycles. The second kappa shape index (κ2) is 10.7. The quantitative estimate of drug-likeness (QED) is 0.469. The molecule has 8 nitrogen and oxygen atoms in total. The second-order valence-electron chi connectivity index (χ2n) is 11.6. The number of allylic oxidation sites excluding steroid dienone is 3. The van der Waals surface area contributed by atoms with E-state index in [-0.39, 0.29) is 65.9 Å². The van der Waals surface area contributed by atoms with Crippen LogP contribution in [0, 0.1) is 40.4 Å². The van der Waals surface area contributed by atoms with Crippen LogP contribution in [0.25, 0.3) is 0 Å². The number of methoxy groups -OCH3 is 1. The number of Topliss-reactive ketones (excluding diaryl/α,β-unsaturated/α-hetero) is 1. The van der Waals surface area contributed by atoms with Crippen LogP contribution in [0.5, 0.6) is 0 Å². The Morgan fingerprint density at radius 2 is 1.89 bits per heavy atom. The highest BCUT2D eigenvalue weighted by Crippen LogP contribution is 2.67. The number of aliphatic hydroxyl groups is 1. The zero-order chi connectivity index (χ0) is 27.1. The highest BCUT2D eigenvalue weighted by Gasteiger charge is 2.63. The van der Waals surface area contributed by atoms with Gasteiger partial charge in [-0.25, -0.2) is 4.79 Å². The van der Waals surface area contributed by atoms with E-state index in [1.807, 2.05) is 6.92 Å². The number of esters is 2. The van der Waals surface area contributed by atoms with Crippen molar-refractivity contribution >= 4 is 35.3 Å². The Morgan fingerprint density at radius 3 is 2.57 bits per heavy atom. The number of carbonyl (C=O) groups excluding carboxylic acids is 4. The molecule has 4 rings (SSSR count). The van der Waals surface area contributed by atoms with Crippen LogP contribution in [0.4, 0.5) is 0 Å². The summed E-state index contributed by atoms with van der Waals surface area (Å²) >= 11 is 1.33. The Bertz CT molecular complexity index is 1030. The lowest BCUT2D eigenvalue weighted by Gasteiger charge is -2.60. The Labute approximate surface area is 222 Å². The van der Waals surface area contributed by atoms with Gasteiger partial charge in [0.2, 0.25) is 5.78 Å². The van der Waals surface area contributed by atoms with E-state index in [9.17, 15) is 24.3 Å². The summed E-state index contributed by atoms with van der Waals surface area (Å²) in [6, 6.07) is 0. The molecule has 204 valence electrons. The monoisotopic (exact) mass is 534 g/mol. The van der Waals surface area contributed by atoms with Crippen molar-refractivity contribution in [1.82, 2.24) is 0 Å². The van der Waals surface area contributed by atoms with Crippen LogP contribution in [0.15, 0.2) is 23.5 Å². The minimum atomic E-state index is -0.704. The lowest BCUT2D eigenvalue weighted by Crippen LogP contribution is -2.58. The number of carbonyl (C=O) groups is 4. The molecular weight excluding hydrogens is 496 g/mol. The number of hydrogen-bond acceptors (Lipinski definition) is 9. The maximum atomic E-state index is 13.2. The highest BCUT2D eigenvalue weighted by molar-refractivity contribution is 7.99. The van der Waals surface area contributed by atoms with E-state index < -0.39 is 28.9 Å². The Kier molecular flexibility index (Phi) is 8.08. The summed E-state index contributed by atoms with van der Waals surface area (Å²) < 4.78 is 15.4. The molecule has 0 heterocycles. The molecule has 37 heavy (non-hydrogen) atoms. The molecule has 0 unspecified atom stereocenters. The number of aliphatic hydroxyl groups excluding tert-OH is 1. The smallest absolute Gasteiger partial charge is 0.332 e. The van der Waals surface area contributed by atoms with Crippen LogP contribution in [0.2, 0.25) is 0 Å². The molecule has 0 amide bonds. The molecule has 8 atom stereocenters. The van der Waals surface area contributed by atoms with Gasteiger partial charge in [-0.15, -0.1) is 0 Å². The van der Waals surface area contributed by atoms with Crippen LogP contribution >= 0.6 is 11.8 Å². The third kappa shape index (κ3) is 4.94. The van der Waals surface area contributed by atoms with Gasteiger partial charge in [0.05, 0.1) is 11.9 Å². The van der Waals surface area contributed by atoms with Crippen molar-refractivity contribution < 1.29 is 38.5 Å². The van der Waals surface area contributed by atoms with E-state index in [0.717, 1.165) is 18.4 Å². The number of ether oxygens (including phenoxy) is 3. The van der Waals surface area contributed by atoms with Crippen molar-refractivity contribution in [3.8, 4) is 0 Å². The average molecular weight is 535 g/mol. The topological polar surface area (TPSA) is 116 Å². The van der Waals surface area contributed by atoms with Gasteiger partial charge in [-0.3, -0.25) is 14.4 Å². The van der Waals surface area contributed by atoms with Crippen LogP contribution < -0.4 is 0 Å². The van der Waals surface area contributed by atoms with E-state index >= 15 is 0 Å². The molecule has 0 aromatic heterocycles. The molecule has 4 aliphatic carbocycles. The van der Waals surface area contributed by atoms with Gasteiger partial charge in [0.15, 0.2) is 11.5 Å². The number of hydrogen-bond donors (Lipinski definition) is 1. The van der Waals surface area contributed by atoms with Crippen LogP contribution in [0.3, 0.4) is 0 Å². The summed E-state index contributed by atoms with van der Waals surface area (Å²) in [6.45, 7) is 5.77. The van der Waals surface area contributed by atoms with Crippen LogP contribution in [-0.2, 0) is 33.4 Å². The summed E-state index contributed by atoms with van der Waals surface area (Å²) in [5, 5.41) is 11.6. The van der Waals surface area contributed by atoms with Crippen molar-refractivity contribution in [1.29, 1.82) is 0 Å². The zero-order valence-corrected chi connectivity index (χ0v) is 23.1. The first-order valence-electron chi connectivity index (χ1n) is 13.0. The molecule has 0 aromatic rings. The van der Waals surface area contributed by atoms with Crippen molar-refractivity contribution in [2.24, 2.45) is 40.4 Å². The molecule has 0 aliphatic heterocycles. The number of fused-ring (bicyclic) bond motifs is 5. The number of thioether (sulfide) groups is 1. The number of ketones is 2. The highest BCUT2D eigenvalue weighted by atomic mass is 32.2. The minimum absolute atomic E-state index is 0.0380. The van der Waals surface area contributed by atoms with E-state index in [1.165, 1.54) is 18.9 Å². The molecule has 3 saturated carbocycles. The first kappa shape index (κ1) is 28.0. The second-order valence-corrected chi connectivity index (χ2v) is 12.4. The summed E-state index contributed by atoms with van der Waals surface area (Å²) in [7, 11) is 1.40. The predicted octanol–water partition coefficient (Wildman–Crippen LogP) is 3.12. The molecule has 3 fully saturated rings. The lowest BCUT2D eigenvalue weighted by atomic mass is 9.45. The van der Waals surface area contributed by atoms with Gasteiger partial charge in [0, 0.05) is 24.4 Å². The van der Waals surface area contributed by atoms with E-state index in [0.29, 0.717) is 12.8 Å². The zero-order valence-electron chi connectivity index (χ0n) is 22.3. The molecule has 1 N–H and O–H groups in total. The fourth-order valence-corrected chi connectivity index (χ4v) is 8.41. The normalized spacial score (nSPS) is 38.5. The first-order valence-corrected chi connectivity index (χ1v) is 14.4. The van der Waals surface area contributed by atoms with Gasteiger partial charge in [-0.1, -0.05) is 26.3 Å². The van der Waals surface area contributed by atoms with E-state index in [1.54, 1.807) is 18.4 Å². The number of rotatable bonds is 8. The van der Waals surface area contributed by atoms with Gasteiger partial charge in [0.1, 0.15) is 13.2 Å². The molecule has 9 heteroatoms. The molecule has 4 aliphatic rings. The molecule has 0 spiro atoms. The van der Waals surface area contributed by atoms with Crippen molar-refractivity contribution in [3.63, 3.8) is 0 Å². The third-order valence-corrected chi connectivity index (χ3v) is 9.92. The molecular formula is C28H38O8S. The van der Waals surface area contributed by atoms with Gasteiger partial charge in [0.25, 0.3) is 0 Å². The maximum Gasteiger partial charge on any atom is 0.332 e. The summed E-state index contributed by atoms with van der Waals surface area (Å²) in [6.07, 6.45) is 7.28. The standard InChI is InChI=1S/C28H38O8S/c1-15-8-16-17-6-7-18(22(31)12-35-24(32)13-34-4)27(17,2)10-21(30)26(16)28(3)11-23(20(29)9-19(15)28)36-25(33)14-37-5/h9,11,15-18,21,26,30H,6-8,10,12-14H2,1-5H3/t15-,16-,17-,18+,21-,26+,27-,28-/m0/s1. The van der Waals surface area contributed by atoms with Gasteiger partial charge < -0.3 is 19.3 Å². The largest absolute Gasteiger partial charge is 0.456 e.